The Morgan fingerprint density at radius 3 is 2.36 bits per heavy atom. The third-order valence-electron chi connectivity index (χ3n) is 3.72. The molecule has 2 rings (SSSR count). The summed E-state index contributed by atoms with van der Waals surface area (Å²) >= 11 is 0. The van der Waals surface area contributed by atoms with E-state index in [-0.39, 0.29) is 0 Å². The highest BCUT2D eigenvalue weighted by Crippen LogP contribution is 2.41. The first-order chi connectivity index (χ1) is 5.16. The molecule has 2 nitrogen and oxygen atoms in total. The summed E-state index contributed by atoms with van der Waals surface area (Å²) in [6.45, 7) is 3.32. The molecule has 2 aliphatic heterocycles. The van der Waals surface area contributed by atoms with Crippen LogP contribution in [0, 0.1) is 0 Å². The third kappa shape index (κ3) is 0.926. The zero-order valence-electron chi connectivity index (χ0n) is 7.60. The van der Waals surface area contributed by atoms with E-state index >= 15 is 0 Å². The van der Waals surface area contributed by atoms with Crippen LogP contribution in [0.4, 0.5) is 0 Å². The summed E-state index contributed by atoms with van der Waals surface area (Å²) in [6, 6.07) is 0. The van der Waals surface area contributed by atoms with Gasteiger partial charge in [-0.2, -0.15) is 0 Å². The molecule has 2 aliphatic rings. The minimum absolute atomic E-state index is 0.512. The molecule has 11 heavy (non-hydrogen) atoms. The molecule has 64 valence electrons. The van der Waals surface area contributed by atoms with Crippen molar-refractivity contribution in [2.24, 2.45) is 0 Å². The second-order valence-corrected chi connectivity index (χ2v) is 4.54. The van der Waals surface area contributed by atoms with E-state index in [0.29, 0.717) is 5.54 Å². The third-order valence-corrected chi connectivity index (χ3v) is 3.72. The Morgan fingerprint density at radius 2 is 2.09 bits per heavy atom. The van der Waals surface area contributed by atoms with E-state index in [1.165, 1.54) is 30.3 Å². The number of likely N-dealkylation sites (N-methyl/N-ethyl adjacent to an activating group) is 1. The molecule has 2 saturated heterocycles. The summed E-state index contributed by atoms with van der Waals surface area (Å²) in [7, 11) is 4.66. The van der Waals surface area contributed by atoms with Crippen LogP contribution in [-0.2, 0) is 4.74 Å². The van der Waals surface area contributed by atoms with Crippen molar-refractivity contribution in [2.45, 2.75) is 24.8 Å². The highest BCUT2D eigenvalue weighted by molar-refractivity contribution is 4.89. The lowest BCUT2D eigenvalue weighted by atomic mass is 9.78. The molecule has 1 spiro atoms. The quantitative estimate of drug-likeness (QED) is 0.476. The lowest BCUT2D eigenvalue weighted by Gasteiger charge is -2.58. The number of rotatable bonds is 0. The molecule has 1 atom stereocenters. The van der Waals surface area contributed by atoms with Crippen LogP contribution in [0.2, 0.25) is 0 Å². The molecule has 0 radical (unpaired) electrons. The molecular formula is C9H18NO+. The number of likely N-dealkylation sites (tertiary alicyclic amines) is 1. The summed E-state index contributed by atoms with van der Waals surface area (Å²) in [5, 5.41) is 0. The summed E-state index contributed by atoms with van der Waals surface area (Å²) < 4.78 is 6.73. The van der Waals surface area contributed by atoms with E-state index in [2.05, 4.69) is 14.1 Å². The fourth-order valence-corrected chi connectivity index (χ4v) is 2.39. The van der Waals surface area contributed by atoms with Crippen LogP contribution in [0.3, 0.4) is 0 Å². The number of nitrogens with zero attached hydrogens (tertiary/aromatic N) is 1. The lowest BCUT2D eigenvalue weighted by molar-refractivity contribution is -0.986. The smallest absolute Gasteiger partial charge is 0.128 e. The Kier molecular flexibility index (Phi) is 1.52. The van der Waals surface area contributed by atoms with Gasteiger partial charge in [0.25, 0.3) is 0 Å². The molecule has 0 aromatic carbocycles. The monoisotopic (exact) mass is 156 g/mol. The molecular weight excluding hydrogens is 138 g/mol. The predicted molar refractivity (Wildman–Crippen MR) is 44.4 cm³/mol. The summed E-state index contributed by atoms with van der Waals surface area (Å²) in [5.41, 5.74) is 0.512. The molecule has 2 heterocycles. The van der Waals surface area contributed by atoms with Gasteiger partial charge in [0.2, 0.25) is 0 Å². The molecule has 0 aliphatic carbocycles. The van der Waals surface area contributed by atoms with Crippen molar-refractivity contribution in [3.8, 4) is 0 Å². The number of hydrogen-bond acceptors (Lipinski definition) is 1. The van der Waals surface area contributed by atoms with E-state index in [4.69, 9.17) is 4.74 Å². The Hall–Kier alpha value is -0.0800. The lowest BCUT2D eigenvalue weighted by Crippen LogP contribution is -2.72. The van der Waals surface area contributed by atoms with Gasteiger partial charge in [-0.15, -0.1) is 0 Å². The van der Waals surface area contributed by atoms with Crippen molar-refractivity contribution in [3.63, 3.8) is 0 Å². The highest BCUT2D eigenvalue weighted by atomic mass is 16.5. The average Bonchev–Trinajstić information content (AvgIpc) is 2.04. The average molecular weight is 156 g/mol. The van der Waals surface area contributed by atoms with Crippen molar-refractivity contribution >= 4 is 0 Å². The van der Waals surface area contributed by atoms with Crippen LogP contribution in [0.15, 0.2) is 0 Å². The maximum atomic E-state index is 5.55. The molecule has 1 unspecified atom stereocenters. The Morgan fingerprint density at radius 1 is 1.27 bits per heavy atom. The van der Waals surface area contributed by atoms with Gasteiger partial charge in [0.15, 0.2) is 0 Å². The van der Waals surface area contributed by atoms with Crippen molar-refractivity contribution < 1.29 is 9.22 Å². The van der Waals surface area contributed by atoms with Crippen molar-refractivity contribution in [2.75, 3.05) is 33.9 Å². The standard InChI is InChI=1S/C9H18NO/c1-10(2)6-5-9(10)4-3-7-11-8-9/h3-8H2,1-2H3/q+1. The van der Waals surface area contributed by atoms with Crippen LogP contribution in [0.1, 0.15) is 19.3 Å². The number of ether oxygens (including phenoxy) is 1. The van der Waals surface area contributed by atoms with Gasteiger partial charge in [-0.05, 0) is 6.42 Å². The van der Waals surface area contributed by atoms with E-state index < -0.39 is 0 Å². The molecule has 2 fully saturated rings. The zero-order valence-corrected chi connectivity index (χ0v) is 7.60. The molecule has 0 aromatic heterocycles. The van der Waals surface area contributed by atoms with E-state index in [0.717, 1.165) is 13.2 Å². The van der Waals surface area contributed by atoms with Crippen LogP contribution in [0.5, 0.6) is 0 Å². The van der Waals surface area contributed by atoms with Crippen LogP contribution in [0.25, 0.3) is 0 Å². The summed E-state index contributed by atoms with van der Waals surface area (Å²) in [5.74, 6) is 0. The molecule has 0 bridgehead atoms. The van der Waals surface area contributed by atoms with Gasteiger partial charge in [-0.3, -0.25) is 0 Å². The van der Waals surface area contributed by atoms with E-state index in [9.17, 15) is 0 Å². The van der Waals surface area contributed by atoms with Crippen LogP contribution >= 0.6 is 0 Å². The second kappa shape index (κ2) is 2.20. The van der Waals surface area contributed by atoms with Gasteiger partial charge < -0.3 is 9.22 Å². The number of quaternary nitrogens is 1. The second-order valence-electron chi connectivity index (χ2n) is 4.54. The van der Waals surface area contributed by atoms with Gasteiger partial charge >= 0.3 is 0 Å². The van der Waals surface area contributed by atoms with Crippen molar-refractivity contribution in [1.29, 1.82) is 0 Å². The first-order valence-corrected chi connectivity index (χ1v) is 4.57. The largest absolute Gasteiger partial charge is 0.375 e. The van der Waals surface area contributed by atoms with E-state index in [1.807, 2.05) is 0 Å². The maximum absolute atomic E-state index is 5.55. The zero-order chi connectivity index (χ0) is 7.95. The molecule has 0 amide bonds. The fourth-order valence-electron chi connectivity index (χ4n) is 2.39. The number of hydrogen-bond donors (Lipinski definition) is 0. The van der Waals surface area contributed by atoms with Gasteiger partial charge in [0, 0.05) is 13.0 Å². The molecule has 0 saturated carbocycles. The van der Waals surface area contributed by atoms with E-state index in [1.54, 1.807) is 0 Å². The fraction of sp³-hybridized carbons (Fsp3) is 1.00. The minimum Gasteiger partial charge on any atom is -0.375 e. The summed E-state index contributed by atoms with van der Waals surface area (Å²) in [6.07, 6.45) is 4.02. The Labute approximate surface area is 68.7 Å². The summed E-state index contributed by atoms with van der Waals surface area (Å²) in [4.78, 5) is 0. The maximum Gasteiger partial charge on any atom is 0.128 e. The van der Waals surface area contributed by atoms with Crippen molar-refractivity contribution in [1.82, 2.24) is 0 Å². The highest BCUT2D eigenvalue weighted by Gasteiger charge is 2.55. The van der Waals surface area contributed by atoms with Gasteiger partial charge in [0.1, 0.15) is 12.1 Å². The van der Waals surface area contributed by atoms with Gasteiger partial charge in [-0.25, -0.2) is 0 Å². The van der Waals surface area contributed by atoms with Crippen LogP contribution in [-0.4, -0.2) is 43.9 Å². The van der Waals surface area contributed by atoms with Crippen LogP contribution < -0.4 is 0 Å². The van der Waals surface area contributed by atoms with Crippen molar-refractivity contribution in [3.05, 3.63) is 0 Å². The normalized spacial score (nSPS) is 42.0. The first-order valence-electron chi connectivity index (χ1n) is 4.57. The molecule has 0 N–H and O–H groups in total. The molecule has 0 aromatic rings. The Bertz CT molecular complexity index is 159. The molecule has 2 heteroatoms. The van der Waals surface area contributed by atoms with Gasteiger partial charge in [-0.1, -0.05) is 0 Å². The minimum atomic E-state index is 0.512. The first kappa shape index (κ1) is 7.56. The van der Waals surface area contributed by atoms with Gasteiger partial charge in [0.05, 0.1) is 27.1 Å². The predicted octanol–water partition coefficient (Wildman–Crippen LogP) is 1.02. The Balaban J connectivity index is 2.09. The SMILES string of the molecule is C[N+]1(C)CCC12CCCOC2. The topological polar surface area (TPSA) is 9.23 Å².